The van der Waals surface area contributed by atoms with Gasteiger partial charge in [0.25, 0.3) is 5.56 Å². The smallest absolute Gasteiger partial charge is 0.359 e. The summed E-state index contributed by atoms with van der Waals surface area (Å²) in [7, 11) is 1.23. The Bertz CT molecular complexity index is 1220. The molecule has 11 nitrogen and oxygen atoms in total. The lowest BCUT2D eigenvalue weighted by Gasteiger charge is -2.31. The van der Waals surface area contributed by atoms with E-state index >= 15 is 0 Å². The normalized spacial score (nSPS) is 16.8. The van der Waals surface area contributed by atoms with E-state index in [1.807, 2.05) is 4.90 Å². The first-order valence-electron chi connectivity index (χ1n) is 9.97. The molecule has 1 amide bonds. The van der Waals surface area contributed by atoms with Crippen molar-refractivity contribution < 1.29 is 18.8 Å². The molecule has 1 aliphatic heterocycles. The number of amides is 1. The first-order chi connectivity index (χ1) is 15.4. The second-order valence-corrected chi connectivity index (χ2v) is 7.95. The molecule has 32 heavy (non-hydrogen) atoms. The number of hydrogen-bond donors (Lipinski definition) is 1. The molecule has 1 unspecified atom stereocenters. The van der Waals surface area contributed by atoms with Crippen LogP contribution in [0.15, 0.2) is 27.6 Å². The molecule has 1 fully saturated rings. The molecule has 1 N–H and O–H groups in total. The summed E-state index contributed by atoms with van der Waals surface area (Å²) in [6, 6.07) is 3.28. The number of ether oxygens (including phenoxy) is 1. The molecule has 0 aliphatic carbocycles. The summed E-state index contributed by atoms with van der Waals surface area (Å²) in [5.74, 6) is -0.425. The summed E-state index contributed by atoms with van der Waals surface area (Å²) >= 11 is 5.83. The fourth-order valence-corrected chi connectivity index (χ4v) is 3.85. The van der Waals surface area contributed by atoms with E-state index in [9.17, 15) is 14.4 Å². The van der Waals surface area contributed by atoms with Gasteiger partial charge in [0.05, 0.1) is 30.1 Å². The van der Waals surface area contributed by atoms with E-state index in [4.69, 9.17) is 20.9 Å². The van der Waals surface area contributed by atoms with Crippen LogP contribution < -0.4 is 10.9 Å². The van der Waals surface area contributed by atoms with Crippen molar-refractivity contribution in [1.29, 1.82) is 0 Å². The summed E-state index contributed by atoms with van der Waals surface area (Å²) in [5, 5.41) is 11.5. The second-order valence-electron chi connectivity index (χ2n) is 7.52. The number of aryl methyl sites for hydroxylation is 1. The fourth-order valence-electron chi connectivity index (χ4n) is 3.74. The Hall–Kier alpha value is -3.31. The Labute approximate surface area is 187 Å². The highest BCUT2D eigenvalue weighted by atomic mass is 35.5. The number of anilines is 1. The van der Waals surface area contributed by atoms with Gasteiger partial charge in [0.1, 0.15) is 11.6 Å². The molecule has 168 valence electrons. The van der Waals surface area contributed by atoms with Gasteiger partial charge in [-0.15, -0.1) is 0 Å². The van der Waals surface area contributed by atoms with Gasteiger partial charge >= 0.3 is 5.97 Å². The molecule has 0 bridgehead atoms. The van der Waals surface area contributed by atoms with Crippen molar-refractivity contribution in [3.8, 4) is 0 Å². The number of pyridine rings is 1. The number of halogens is 1. The molecule has 1 atom stereocenters. The van der Waals surface area contributed by atoms with Crippen molar-refractivity contribution in [2.45, 2.75) is 26.4 Å². The van der Waals surface area contributed by atoms with Gasteiger partial charge in [0.15, 0.2) is 11.2 Å². The van der Waals surface area contributed by atoms with Crippen LogP contribution >= 0.6 is 11.6 Å². The molecular weight excluding hydrogens is 440 g/mol. The zero-order valence-electron chi connectivity index (χ0n) is 17.5. The molecule has 1 aliphatic rings. The monoisotopic (exact) mass is 460 g/mol. The lowest BCUT2D eigenvalue weighted by Crippen LogP contribution is -2.43. The average molecular weight is 461 g/mol. The maximum Gasteiger partial charge on any atom is 0.359 e. The Balaban J connectivity index is 1.53. The van der Waals surface area contributed by atoms with E-state index in [0.29, 0.717) is 36.1 Å². The zero-order valence-corrected chi connectivity index (χ0v) is 18.3. The van der Waals surface area contributed by atoms with Gasteiger partial charge in [-0.1, -0.05) is 16.8 Å². The molecule has 3 aromatic rings. The average Bonchev–Trinajstić information content (AvgIpc) is 3.19. The van der Waals surface area contributed by atoms with Crippen LogP contribution in [0.5, 0.6) is 0 Å². The van der Waals surface area contributed by atoms with Crippen molar-refractivity contribution in [1.82, 2.24) is 24.8 Å². The molecule has 0 saturated carbocycles. The number of esters is 1. The van der Waals surface area contributed by atoms with Gasteiger partial charge in [-0.2, -0.15) is 5.10 Å². The van der Waals surface area contributed by atoms with Crippen LogP contribution in [0.4, 0.5) is 5.82 Å². The molecule has 12 heteroatoms. The van der Waals surface area contributed by atoms with Crippen LogP contribution in [-0.2, 0) is 16.2 Å². The van der Waals surface area contributed by atoms with Crippen molar-refractivity contribution in [2.75, 3.05) is 25.5 Å². The van der Waals surface area contributed by atoms with Gasteiger partial charge in [0.2, 0.25) is 5.91 Å². The van der Waals surface area contributed by atoms with Crippen LogP contribution in [-0.4, -0.2) is 56.9 Å². The maximum atomic E-state index is 12.9. The summed E-state index contributed by atoms with van der Waals surface area (Å²) in [4.78, 5) is 43.8. The number of methoxy groups -OCH3 is 1. The first kappa shape index (κ1) is 21.9. The third kappa shape index (κ3) is 4.34. The minimum atomic E-state index is -0.693. The third-order valence-corrected chi connectivity index (χ3v) is 5.55. The summed E-state index contributed by atoms with van der Waals surface area (Å²) in [5.41, 5.74) is -0.513. The Morgan fingerprint density at radius 3 is 2.91 bits per heavy atom. The van der Waals surface area contributed by atoms with Crippen molar-refractivity contribution in [3.05, 3.63) is 45.2 Å². The maximum absolute atomic E-state index is 12.9. The number of carbonyl (C=O) groups is 2. The van der Waals surface area contributed by atoms with Crippen molar-refractivity contribution in [3.63, 3.8) is 0 Å². The largest absolute Gasteiger partial charge is 0.464 e. The van der Waals surface area contributed by atoms with Gasteiger partial charge in [-0.3, -0.25) is 14.5 Å². The molecular formula is C20H21ClN6O5. The predicted octanol–water partition coefficient (Wildman–Crippen LogP) is 1.84. The third-order valence-electron chi connectivity index (χ3n) is 5.32. The highest BCUT2D eigenvalue weighted by molar-refractivity contribution is 6.30. The number of likely N-dealkylation sites (tertiary alicyclic amines) is 1. The van der Waals surface area contributed by atoms with Crippen LogP contribution in [0.1, 0.15) is 29.1 Å². The number of carbonyl (C=O) groups excluding carboxylic acids is 2. The van der Waals surface area contributed by atoms with Crippen LogP contribution in [0.3, 0.4) is 0 Å². The quantitative estimate of drug-likeness (QED) is 0.566. The standard InChI is InChI=1S/C20H21ClN6O5/c1-11-15-16(25-32-11)19(29)27(24-17(15)20(30)31-2)10-26-7-3-4-12(9-26)18(28)23-14-6-5-13(21)8-22-14/h5-6,8,12H,3-4,7,9-10H2,1-2H3,(H,22,23,28). The van der Waals surface area contributed by atoms with Gasteiger partial charge < -0.3 is 14.6 Å². The number of aromatic nitrogens is 4. The predicted molar refractivity (Wildman–Crippen MR) is 114 cm³/mol. The van der Waals surface area contributed by atoms with E-state index in [-0.39, 0.29) is 35.1 Å². The SMILES string of the molecule is COC(=O)c1nn(CN2CCCC(C(=O)Nc3ccc(Cl)cn3)C2)c(=O)c2noc(C)c12. The van der Waals surface area contributed by atoms with Crippen molar-refractivity contribution in [2.24, 2.45) is 5.92 Å². The fraction of sp³-hybridized carbons (Fsp3) is 0.400. The van der Waals surface area contributed by atoms with Crippen LogP contribution in [0.2, 0.25) is 5.02 Å². The van der Waals surface area contributed by atoms with Crippen molar-refractivity contribution >= 4 is 40.2 Å². The molecule has 1 saturated heterocycles. The Kier molecular flexibility index (Phi) is 6.19. The molecule has 0 aromatic carbocycles. The number of hydrogen-bond acceptors (Lipinski definition) is 9. The molecule has 4 rings (SSSR count). The van der Waals surface area contributed by atoms with E-state index in [0.717, 1.165) is 11.1 Å². The molecule has 0 radical (unpaired) electrons. The lowest BCUT2D eigenvalue weighted by molar-refractivity contribution is -0.121. The topological polar surface area (TPSA) is 132 Å². The number of fused-ring (bicyclic) bond motifs is 1. The zero-order chi connectivity index (χ0) is 22.8. The minimum absolute atomic E-state index is 0.0121. The summed E-state index contributed by atoms with van der Waals surface area (Å²) < 4.78 is 11.0. The number of nitrogens with one attached hydrogen (secondary N) is 1. The number of piperidine rings is 1. The minimum Gasteiger partial charge on any atom is -0.464 e. The van der Waals surface area contributed by atoms with E-state index in [1.54, 1.807) is 19.1 Å². The van der Waals surface area contributed by atoms with Gasteiger partial charge in [0, 0.05) is 12.7 Å². The highest BCUT2D eigenvalue weighted by Crippen LogP contribution is 2.21. The Morgan fingerprint density at radius 1 is 1.38 bits per heavy atom. The van der Waals surface area contributed by atoms with Crippen LogP contribution in [0.25, 0.3) is 10.9 Å². The lowest BCUT2D eigenvalue weighted by atomic mass is 9.97. The van der Waals surface area contributed by atoms with E-state index < -0.39 is 11.5 Å². The first-order valence-corrected chi connectivity index (χ1v) is 10.4. The molecule has 4 heterocycles. The number of nitrogens with zero attached hydrogens (tertiary/aromatic N) is 5. The van der Waals surface area contributed by atoms with Gasteiger partial charge in [-0.05, 0) is 38.4 Å². The summed E-state index contributed by atoms with van der Waals surface area (Å²) in [6.07, 6.45) is 2.92. The molecule has 3 aromatic heterocycles. The van der Waals surface area contributed by atoms with Gasteiger partial charge in [-0.25, -0.2) is 14.5 Å². The van der Waals surface area contributed by atoms with Crippen LogP contribution in [0, 0.1) is 12.8 Å². The Morgan fingerprint density at radius 2 is 2.19 bits per heavy atom. The number of rotatable bonds is 5. The summed E-state index contributed by atoms with van der Waals surface area (Å²) in [6.45, 7) is 2.77. The van der Waals surface area contributed by atoms with E-state index in [2.05, 4.69) is 20.6 Å². The van der Waals surface area contributed by atoms with E-state index in [1.165, 1.54) is 13.3 Å². The second kappa shape index (κ2) is 9.05. The molecule has 0 spiro atoms. The highest BCUT2D eigenvalue weighted by Gasteiger charge is 2.28.